The van der Waals surface area contributed by atoms with Gasteiger partial charge in [0, 0.05) is 15.8 Å². The van der Waals surface area contributed by atoms with Crippen LogP contribution in [0.15, 0.2) is 29.4 Å². The van der Waals surface area contributed by atoms with Crippen molar-refractivity contribution in [2.75, 3.05) is 0 Å². The maximum absolute atomic E-state index is 12.3. The molecule has 0 aliphatic heterocycles. The van der Waals surface area contributed by atoms with Crippen LogP contribution in [0.4, 0.5) is 0 Å². The number of nitrogens with one attached hydrogen (secondary N) is 1. The van der Waals surface area contributed by atoms with Gasteiger partial charge in [0.1, 0.15) is 4.88 Å². The Balaban J connectivity index is 1.81. The number of hydrogen-bond acceptors (Lipinski definition) is 3. The zero-order chi connectivity index (χ0) is 14.8. The first-order chi connectivity index (χ1) is 10.2. The summed E-state index contributed by atoms with van der Waals surface area (Å²) in [6.45, 7) is 2.16. The Morgan fingerprint density at radius 1 is 1.38 bits per heavy atom. The molecule has 1 aliphatic carbocycles. The lowest BCUT2D eigenvalue weighted by atomic mass is 9.89. The summed E-state index contributed by atoms with van der Waals surface area (Å²) in [4.78, 5) is 12.8. The largest absolute Gasteiger partial charge is 0.283 e. The Morgan fingerprint density at radius 2 is 2.19 bits per heavy atom. The summed E-state index contributed by atoms with van der Waals surface area (Å²) in [7, 11) is 0. The lowest BCUT2D eigenvalue weighted by Gasteiger charge is -2.19. The fourth-order valence-electron chi connectivity index (χ4n) is 2.67. The minimum atomic E-state index is -0.216. The molecule has 5 heteroatoms. The molecule has 3 rings (SSSR count). The second-order valence-corrected chi connectivity index (χ2v) is 6.86. The van der Waals surface area contributed by atoms with Crippen molar-refractivity contribution >= 4 is 44.6 Å². The van der Waals surface area contributed by atoms with Gasteiger partial charge in [-0.1, -0.05) is 43.1 Å². The number of hydrazone groups is 1. The SMILES string of the molecule is C[C@H]1CCCC/C1=N/NC(=O)c1sc2ccccc2c1Cl. The molecule has 2 aromatic rings. The highest BCUT2D eigenvalue weighted by molar-refractivity contribution is 7.21. The number of carbonyl (C=O) groups excluding carboxylic acids is 1. The molecular weight excluding hydrogens is 304 g/mol. The number of amides is 1. The topological polar surface area (TPSA) is 41.5 Å². The van der Waals surface area contributed by atoms with Gasteiger partial charge in [0.2, 0.25) is 0 Å². The minimum absolute atomic E-state index is 0.216. The summed E-state index contributed by atoms with van der Waals surface area (Å²) < 4.78 is 1.02. The lowest BCUT2D eigenvalue weighted by molar-refractivity contribution is 0.0958. The Bertz CT molecular complexity index is 707. The van der Waals surface area contributed by atoms with E-state index in [0.717, 1.165) is 35.1 Å². The van der Waals surface area contributed by atoms with Crippen molar-refractivity contribution < 1.29 is 4.79 Å². The number of nitrogens with zero attached hydrogens (tertiary/aromatic N) is 1. The molecule has 0 spiro atoms. The van der Waals surface area contributed by atoms with Gasteiger partial charge in [0.05, 0.1) is 5.02 Å². The second kappa shape index (κ2) is 6.16. The predicted molar refractivity (Wildman–Crippen MR) is 89.4 cm³/mol. The fourth-order valence-corrected chi connectivity index (χ4v) is 4.08. The molecule has 3 nitrogen and oxygen atoms in total. The van der Waals surface area contributed by atoms with Crippen LogP contribution in [-0.4, -0.2) is 11.6 Å². The zero-order valence-electron chi connectivity index (χ0n) is 11.9. The van der Waals surface area contributed by atoms with Crippen molar-refractivity contribution in [2.45, 2.75) is 32.6 Å². The predicted octanol–water partition coefficient (Wildman–Crippen LogP) is 4.85. The normalized spacial score (nSPS) is 20.9. The summed E-state index contributed by atoms with van der Waals surface area (Å²) in [5, 5.41) is 5.76. The highest BCUT2D eigenvalue weighted by Gasteiger charge is 2.19. The van der Waals surface area contributed by atoms with Crippen LogP contribution in [0.1, 0.15) is 42.3 Å². The Hall–Kier alpha value is -1.39. The van der Waals surface area contributed by atoms with E-state index in [1.54, 1.807) is 0 Å². The lowest BCUT2D eigenvalue weighted by Crippen LogP contribution is -2.23. The van der Waals surface area contributed by atoms with Crippen LogP contribution < -0.4 is 5.43 Å². The molecule has 1 fully saturated rings. The maximum atomic E-state index is 12.3. The molecule has 1 N–H and O–H groups in total. The number of halogens is 1. The number of carbonyl (C=O) groups is 1. The van der Waals surface area contributed by atoms with Gasteiger partial charge in [0.15, 0.2) is 0 Å². The van der Waals surface area contributed by atoms with Crippen molar-refractivity contribution in [1.29, 1.82) is 0 Å². The van der Waals surface area contributed by atoms with Crippen LogP contribution >= 0.6 is 22.9 Å². The first kappa shape index (κ1) is 14.5. The molecular formula is C16H17ClN2OS. The molecule has 0 saturated heterocycles. The van der Waals surface area contributed by atoms with Crippen LogP contribution in [0.5, 0.6) is 0 Å². The van der Waals surface area contributed by atoms with Crippen LogP contribution in [0.25, 0.3) is 10.1 Å². The van der Waals surface area contributed by atoms with Gasteiger partial charge in [0.25, 0.3) is 5.91 Å². The van der Waals surface area contributed by atoms with Crippen molar-refractivity contribution in [3.63, 3.8) is 0 Å². The number of fused-ring (bicyclic) bond motifs is 1. The molecule has 1 aromatic heterocycles. The van der Waals surface area contributed by atoms with Crippen LogP contribution in [-0.2, 0) is 0 Å². The van der Waals surface area contributed by atoms with Gasteiger partial charge in [-0.15, -0.1) is 11.3 Å². The van der Waals surface area contributed by atoms with E-state index in [2.05, 4.69) is 17.5 Å². The van der Waals surface area contributed by atoms with E-state index in [0.29, 0.717) is 15.8 Å². The number of thiophene rings is 1. The summed E-state index contributed by atoms with van der Waals surface area (Å²) in [5.41, 5.74) is 3.77. The molecule has 1 amide bonds. The molecule has 1 heterocycles. The van der Waals surface area contributed by atoms with Gasteiger partial charge in [-0.05, 0) is 31.2 Å². The summed E-state index contributed by atoms with van der Waals surface area (Å²) in [5.74, 6) is 0.239. The van der Waals surface area contributed by atoms with Gasteiger partial charge in [-0.25, -0.2) is 5.43 Å². The van der Waals surface area contributed by atoms with Crippen molar-refractivity contribution in [3.05, 3.63) is 34.2 Å². The molecule has 1 saturated carbocycles. The van der Waals surface area contributed by atoms with Crippen molar-refractivity contribution in [2.24, 2.45) is 11.0 Å². The molecule has 21 heavy (non-hydrogen) atoms. The fraction of sp³-hybridized carbons (Fsp3) is 0.375. The van der Waals surface area contributed by atoms with Crippen LogP contribution in [0.3, 0.4) is 0 Å². The second-order valence-electron chi connectivity index (χ2n) is 5.43. The van der Waals surface area contributed by atoms with Crippen LogP contribution in [0.2, 0.25) is 5.02 Å². The number of rotatable bonds is 2. The molecule has 0 unspecified atom stereocenters. The van der Waals surface area contributed by atoms with E-state index in [9.17, 15) is 4.79 Å². The highest BCUT2D eigenvalue weighted by Crippen LogP contribution is 2.35. The van der Waals surface area contributed by atoms with E-state index in [4.69, 9.17) is 11.6 Å². The third-order valence-corrected chi connectivity index (χ3v) is 5.61. The Kier molecular flexibility index (Phi) is 4.27. The van der Waals surface area contributed by atoms with Gasteiger partial charge in [-0.3, -0.25) is 4.79 Å². The Morgan fingerprint density at radius 3 is 2.95 bits per heavy atom. The van der Waals surface area contributed by atoms with E-state index in [-0.39, 0.29) is 5.91 Å². The smallest absolute Gasteiger partial charge is 0.266 e. The average molecular weight is 321 g/mol. The van der Waals surface area contributed by atoms with E-state index in [1.807, 2.05) is 24.3 Å². The summed E-state index contributed by atoms with van der Waals surface area (Å²) in [6, 6.07) is 7.77. The first-order valence-corrected chi connectivity index (χ1v) is 8.40. The monoisotopic (exact) mass is 320 g/mol. The van der Waals surface area contributed by atoms with E-state index >= 15 is 0 Å². The third-order valence-electron chi connectivity index (χ3n) is 3.93. The highest BCUT2D eigenvalue weighted by atomic mass is 35.5. The molecule has 0 bridgehead atoms. The maximum Gasteiger partial charge on any atom is 0.283 e. The number of benzene rings is 1. The number of hydrogen-bond donors (Lipinski definition) is 1. The summed E-state index contributed by atoms with van der Waals surface area (Å²) >= 11 is 7.71. The molecule has 0 radical (unpaired) electrons. The molecule has 110 valence electrons. The van der Waals surface area contributed by atoms with Crippen molar-refractivity contribution in [3.8, 4) is 0 Å². The van der Waals surface area contributed by atoms with Crippen molar-refractivity contribution in [1.82, 2.24) is 5.43 Å². The van der Waals surface area contributed by atoms with Gasteiger partial charge >= 0.3 is 0 Å². The molecule has 1 aromatic carbocycles. The Labute approximate surface area is 133 Å². The standard InChI is InChI=1S/C16H17ClN2OS/c1-10-6-2-4-8-12(10)18-19-16(20)15-14(17)11-7-3-5-9-13(11)21-15/h3,5,7,9-10H,2,4,6,8H2,1H3,(H,19,20)/b18-12-/t10-/m0/s1. The molecule has 1 atom stereocenters. The van der Waals surface area contributed by atoms with E-state index in [1.165, 1.54) is 17.8 Å². The zero-order valence-corrected chi connectivity index (χ0v) is 13.4. The van der Waals surface area contributed by atoms with E-state index < -0.39 is 0 Å². The first-order valence-electron chi connectivity index (χ1n) is 7.20. The van der Waals surface area contributed by atoms with Gasteiger partial charge < -0.3 is 0 Å². The molecule has 1 aliphatic rings. The minimum Gasteiger partial charge on any atom is -0.266 e. The van der Waals surface area contributed by atoms with Gasteiger partial charge in [-0.2, -0.15) is 5.10 Å². The average Bonchev–Trinajstić information content (AvgIpc) is 2.84. The summed E-state index contributed by atoms with van der Waals surface area (Å²) in [6.07, 6.45) is 4.53. The van der Waals surface area contributed by atoms with Crippen LogP contribution in [0, 0.1) is 5.92 Å². The quantitative estimate of drug-likeness (QED) is 0.789. The third kappa shape index (κ3) is 2.97.